The largest absolute Gasteiger partial charge is 0.376 e. The minimum Gasteiger partial charge on any atom is -0.376 e. The summed E-state index contributed by atoms with van der Waals surface area (Å²) in [5, 5.41) is 0.788. The third kappa shape index (κ3) is 3.80. The topological polar surface area (TPSA) is 64.4 Å². The van der Waals surface area contributed by atoms with Gasteiger partial charge in [-0.05, 0) is 51.0 Å². The molecule has 7 heteroatoms. The first-order valence-electron chi connectivity index (χ1n) is 10.1. The molecule has 0 aromatic carbocycles. The fourth-order valence-electron chi connectivity index (χ4n) is 4.16. The Balaban J connectivity index is 1.47. The van der Waals surface area contributed by atoms with Gasteiger partial charge in [-0.3, -0.25) is 14.2 Å². The van der Waals surface area contributed by atoms with Gasteiger partial charge >= 0.3 is 0 Å². The zero-order valence-electron chi connectivity index (χ0n) is 15.9. The van der Waals surface area contributed by atoms with E-state index >= 15 is 0 Å². The number of aryl methyl sites for hydroxylation is 3. The summed E-state index contributed by atoms with van der Waals surface area (Å²) >= 11 is 1.66. The summed E-state index contributed by atoms with van der Waals surface area (Å²) in [6, 6.07) is 0. The van der Waals surface area contributed by atoms with Crippen LogP contribution in [-0.4, -0.2) is 46.2 Å². The van der Waals surface area contributed by atoms with E-state index in [9.17, 15) is 9.59 Å². The van der Waals surface area contributed by atoms with Gasteiger partial charge in [0.1, 0.15) is 4.83 Å². The van der Waals surface area contributed by atoms with Gasteiger partial charge in [0.15, 0.2) is 0 Å². The summed E-state index contributed by atoms with van der Waals surface area (Å²) in [6.07, 6.45) is 8.54. The second-order valence-corrected chi connectivity index (χ2v) is 8.54. The Hall–Kier alpha value is -1.73. The summed E-state index contributed by atoms with van der Waals surface area (Å²) < 4.78 is 7.26. The molecule has 0 saturated carbocycles. The van der Waals surface area contributed by atoms with Gasteiger partial charge in [0.25, 0.3) is 5.56 Å². The van der Waals surface area contributed by atoms with Crippen molar-refractivity contribution in [1.29, 1.82) is 0 Å². The number of ether oxygens (including phenoxy) is 1. The molecule has 146 valence electrons. The van der Waals surface area contributed by atoms with Crippen LogP contribution in [0.5, 0.6) is 0 Å². The number of thiophene rings is 1. The fourth-order valence-corrected chi connectivity index (χ4v) is 5.38. The molecule has 1 aliphatic heterocycles. The SMILES string of the molecule is CCN(C[C@@H]1CCCO1)C(=O)CCn1cnc2sc3c(c2c1=O)CCCC3. The van der Waals surface area contributed by atoms with Crippen LogP contribution in [0.4, 0.5) is 0 Å². The molecule has 0 unspecified atom stereocenters. The van der Waals surface area contributed by atoms with Gasteiger partial charge < -0.3 is 9.64 Å². The molecule has 27 heavy (non-hydrogen) atoms. The van der Waals surface area contributed by atoms with Gasteiger partial charge in [-0.15, -0.1) is 11.3 Å². The predicted molar refractivity (Wildman–Crippen MR) is 106 cm³/mol. The van der Waals surface area contributed by atoms with Crippen molar-refractivity contribution in [2.45, 2.75) is 64.5 Å². The third-order valence-electron chi connectivity index (χ3n) is 5.69. The molecule has 3 heterocycles. The molecule has 1 amide bonds. The number of aromatic nitrogens is 2. The number of nitrogens with zero attached hydrogens (tertiary/aromatic N) is 3. The van der Waals surface area contributed by atoms with Crippen LogP contribution < -0.4 is 5.56 Å². The molecular weight excluding hydrogens is 362 g/mol. The molecule has 2 aromatic rings. The van der Waals surface area contributed by atoms with E-state index in [-0.39, 0.29) is 17.6 Å². The first-order chi connectivity index (χ1) is 13.2. The lowest BCUT2D eigenvalue weighted by atomic mass is 9.97. The van der Waals surface area contributed by atoms with Crippen molar-refractivity contribution in [3.63, 3.8) is 0 Å². The van der Waals surface area contributed by atoms with Crippen molar-refractivity contribution in [3.8, 4) is 0 Å². The van der Waals surface area contributed by atoms with Crippen molar-refractivity contribution < 1.29 is 9.53 Å². The van der Waals surface area contributed by atoms with Gasteiger partial charge in [-0.2, -0.15) is 0 Å². The van der Waals surface area contributed by atoms with Gasteiger partial charge in [-0.1, -0.05) is 0 Å². The smallest absolute Gasteiger partial charge is 0.262 e. The van der Waals surface area contributed by atoms with Crippen molar-refractivity contribution in [3.05, 3.63) is 27.1 Å². The standard InChI is InChI=1S/C20H27N3O3S/c1-2-22(12-14-6-5-11-26-14)17(24)9-10-23-13-21-19-18(20(23)25)15-7-3-4-8-16(15)27-19/h13-14H,2-12H2,1H3/t14-/m0/s1. The maximum absolute atomic E-state index is 13.0. The minimum absolute atomic E-state index is 0.00868. The van der Waals surface area contributed by atoms with Crippen LogP contribution in [0.1, 0.15) is 49.5 Å². The second kappa shape index (κ2) is 8.10. The molecule has 1 saturated heterocycles. The number of hydrogen-bond donors (Lipinski definition) is 0. The van der Waals surface area contributed by atoms with Crippen LogP contribution in [0, 0.1) is 0 Å². The molecule has 0 bridgehead atoms. The Morgan fingerprint density at radius 1 is 1.37 bits per heavy atom. The fraction of sp³-hybridized carbons (Fsp3) is 0.650. The third-order valence-corrected chi connectivity index (χ3v) is 6.89. The van der Waals surface area contributed by atoms with Crippen LogP contribution in [-0.2, 0) is 28.9 Å². The highest BCUT2D eigenvalue weighted by Gasteiger charge is 2.23. The maximum Gasteiger partial charge on any atom is 0.262 e. The summed E-state index contributed by atoms with van der Waals surface area (Å²) in [5.74, 6) is 0.0762. The first-order valence-corrected chi connectivity index (χ1v) is 10.9. The minimum atomic E-state index is 0.00868. The van der Waals surface area contributed by atoms with Crippen LogP contribution in [0.2, 0.25) is 0 Å². The van der Waals surface area contributed by atoms with E-state index in [0.717, 1.165) is 48.9 Å². The number of fused-ring (bicyclic) bond motifs is 3. The maximum atomic E-state index is 13.0. The van der Waals surface area contributed by atoms with Gasteiger partial charge in [0.05, 0.1) is 17.8 Å². The highest BCUT2D eigenvalue weighted by molar-refractivity contribution is 7.18. The quantitative estimate of drug-likeness (QED) is 0.762. The van der Waals surface area contributed by atoms with E-state index in [1.54, 1.807) is 22.2 Å². The van der Waals surface area contributed by atoms with Crippen molar-refractivity contribution in [1.82, 2.24) is 14.5 Å². The molecule has 0 radical (unpaired) electrons. The summed E-state index contributed by atoms with van der Waals surface area (Å²) in [5.41, 5.74) is 1.21. The first kappa shape index (κ1) is 18.6. The lowest BCUT2D eigenvalue weighted by molar-refractivity contribution is -0.132. The molecule has 1 fully saturated rings. The Morgan fingerprint density at radius 3 is 3.00 bits per heavy atom. The average molecular weight is 390 g/mol. The zero-order chi connectivity index (χ0) is 18.8. The lowest BCUT2D eigenvalue weighted by Gasteiger charge is -2.24. The van der Waals surface area contributed by atoms with Crippen LogP contribution in [0.3, 0.4) is 0 Å². The number of rotatable bonds is 6. The molecule has 1 aliphatic carbocycles. The Labute approximate surface area is 163 Å². The highest BCUT2D eigenvalue weighted by atomic mass is 32.1. The second-order valence-electron chi connectivity index (χ2n) is 7.45. The summed E-state index contributed by atoms with van der Waals surface area (Å²) in [7, 11) is 0. The number of amides is 1. The summed E-state index contributed by atoms with van der Waals surface area (Å²) in [6.45, 7) is 4.49. The number of likely N-dealkylation sites (N-methyl/N-ethyl adjacent to an activating group) is 1. The molecule has 0 spiro atoms. The molecular formula is C20H27N3O3S. The van der Waals surface area contributed by atoms with Gasteiger partial charge in [0.2, 0.25) is 5.91 Å². The van der Waals surface area contributed by atoms with Crippen LogP contribution in [0.25, 0.3) is 10.2 Å². The Bertz CT molecular complexity index is 882. The monoisotopic (exact) mass is 389 g/mol. The van der Waals surface area contributed by atoms with Crippen molar-refractivity contribution in [2.75, 3.05) is 19.7 Å². The van der Waals surface area contributed by atoms with Crippen molar-refractivity contribution in [2.24, 2.45) is 0 Å². The zero-order valence-corrected chi connectivity index (χ0v) is 16.7. The normalized spacial score (nSPS) is 19.4. The number of hydrogen-bond acceptors (Lipinski definition) is 5. The molecule has 4 rings (SSSR count). The Kier molecular flexibility index (Phi) is 5.59. The van der Waals surface area contributed by atoms with Gasteiger partial charge in [0, 0.05) is 37.5 Å². The predicted octanol–water partition coefficient (Wildman–Crippen LogP) is 2.75. The molecule has 6 nitrogen and oxygen atoms in total. The molecule has 2 aliphatic rings. The van der Waals surface area contributed by atoms with E-state index in [1.807, 2.05) is 11.8 Å². The average Bonchev–Trinajstić information content (AvgIpc) is 3.32. The van der Waals surface area contributed by atoms with Crippen molar-refractivity contribution >= 4 is 27.5 Å². The number of carbonyl (C=O) groups excluding carboxylic acids is 1. The molecule has 1 atom stereocenters. The van der Waals surface area contributed by atoms with E-state index in [2.05, 4.69) is 4.98 Å². The van der Waals surface area contributed by atoms with E-state index < -0.39 is 0 Å². The van der Waals surface area contributed by atoms with E-state index in [4.69, 9.17) is 4.74 Å². The van der Waals surface area contributed by atoms with Crippen LogP contribution >= 0.6 is 11.3 Å². The lowest BCUT2D eigenvalue weighted by Crippen LogP contribution is -2.38. The van der Waals surface area contributed by atoms with Gasteiger partial charge in [-0.25, -0.2) is 4.98 Å². The number of carbonyl (C=O) groups is 1. The summed E-state index contributed by atoms with van der Waals surface area (Å²) in [4.78, 5) is 34.1. The Morgan fingerprint density at radius 2 is 2.22 bits per heavy atom. The van der Waals surface area contributed by atoms with E-state index in [1.165, 1.54) is 16.9 Å². The highest BCUT2D eigenvalue weighted by Crippen LogP contribution is 2.33. The van der Waals surface area contributed by atoms with E-state index in [0.29, 0.717) is 26.1 Å². The molecule has 2 aromatic heterocycles. The van der Waals surface area contributed by atoms with Crippen LogP contribution in [0.15, 0.2) is 11.1 Å². The molecule has 0 N–H and O–H groups in total.